The van der Waals surface area contributed by atoms with Crippen molar-refractivity contribution in [2.75, 3.05) is 0 Å². The predicted octanol–water partition coefficient (Wildman–Crippen LogP) is 10.4. The summed E-state index contributed by atoms with van der Waals surface area (Å²) in [7, 11) is 0. The first-order valence-corrected chi connectivity index (χ1v) is 16.2. The molecular weight excluding hydrogens is 536 g/mol. The third-order valence-corrected chi connectivity index (χ3v) is 12.1. The molecule has 0 aromatic heterocycles. The molecule has 210 valence electrons. The Labute approximate surface area is 239 Å². The van der Waals surface area contributed by atoms with E-state index in [4.69, 9.17) is 9.47 Å². The van der Waals surface area contributed by atoms with E-state index in [2.05, 4.69) is 56.6 Å². The lowest BCUT2D eigenvalue weighted by molar-refractivity contribution is -0.0597. The van der Waals surface area contributed by atoms with Crippen molar-refractivity contribution >= 4 is 22.1 Å². The first-order valence-electron chi connectivity index (χ1n) is 15.4. The van der Waals surface area contributed by atoms with Gasteiger partial charge in [-0.3, -0.25) is 0 Å². The average molecular weight is 586 g/mol. The zero-order valence-electron chi connectivity index (χ0n) is 24.3. The van der Waals surface area contributed by atoms with Crippen LogP contribution in [-0.2, 0) is 4.74 Å². The Morgan fingerprint density at radius 3 is 2.50 bits per heavy atom. The monoisotopic (exact) mass is 584 g/mol. The summed E-state index contributed by atoms with van der Waals surface area (Å²) >= 11 is 3.42. The molecule has 3 fully saturated rings. The van der Waals surface area contributed by atoms with Crippen LogP contribution in [0.5, 0.6) is 5.75 Å². The number of hydrogen-bond acceptors (Lipinski definition) is 3. The van der Waals surface area contributed by atoms with Crippen molar-refractivity contribution in [3.8, 4) is 5.75 Å². The van der Waals surface area contributed by atoms with Crippen LogP contribution in [0.3, 0.4) is 0 Å². The second-order valence-electron chi connectivity index (χ2n) is 14.1. The first kappa shape index (κ1) is 28.2. The van der Waals surface area contributed by atoms with Crippen molar-refractivity contribution < 1.29 is 14.3 Å². The Balaban J connectivity index is 1.21. The molecule has 0 N–H and O–H groups in total. The SMILES string of the molecule is CC(C)CCC[C@@H](C)[C@H]1CCC2C3CC=C4C[C@@H](OC(=O)Oc5ccc(Br)cc5)CC[C@]4(C)C3CC[C@@]21C. The van der Waals surface area contributed by atoms with Crippen LogP contribution in [0.4, 0.5) is 4.79 Å². The quantitative estimate of drug-likeness (QED) is 0.181. The zero-order valence-corrected chi connectivity index (χ0v) is 25.9. The summed E-state index contributed by atoms with van der Waals surface area (Å²) in [5.41, 5.74) is 2.34. The number of carbonyl (C=O) groups excluding carboxylic acids is 1. The Bertz CT molecular complexity index is 1020. The Morgan fingerprint density at radius 2 is 1.76 bits per heavy atom. The summed E-state index contributed by atoms with van der Waals surface area (Å²) in [5.74, 6) is 5.60. The second kappa shape index (κ2) is 11.3. The summed E-state index contributed by atoms with van der Waals surface area (Å²) in [6, 6.07) is 7.30. The molecule has 0 heterocycles. The van der Waals surface area contributed by atoms with Gasteiger partial charge in [0.15, 0.2) is 0 Å². The fourth-order valence-electron chi connectivity index (χ4n) is 9.51. The third kappa shape index (κ3) is 5.50. The maximum atomic E-state index is 12.5. The van der Waals surface area contributed by atoms with E-state index < -0.39 is 6.16 Å². The number of carbonyl (C=O) groups is 1. The summed E-state index contributed by atoms with van der Waals surface area (Å²) in [5, 5.41) is 0. The maximum Gasteiger partial charge on any atom is 0.514 e. The normalized spacial score (nSPS) is 37.0. The van der Waals surface area contributed by atoms with E-state index in [1.54, 1.807) is 17.7 Å². The van der Waals surface area contributed by atoms with Crippen molar-refractivity contribution in [2.24, 2.45) is 46.3 Å². The van der Waals surface area contributed by atoms with Gasteiger partial charge in [-0.2, -0.15) is 0 Å². The molecule has 0 bridgehead atoms. The molecule has 38 heavy (non-hydrogen) atoms. The van der Waals surface area contributed by atoms with E-state index in [0.29, 0.717) is 11.2 Å². The molecule has 0 amide bonds. The largest absolute Gasteiger partial charge is 0.514 e. The van der Waals surface area contributed by atoms with Gasteiger partial charge < -0.3 is 9.47 Å². The summed E-state index contributed by atoms with van der Waals surface area (Å²) < 4.78 is 12.2. The van der Waals surface area contributed by atoms with Crippen LogP contribution in [0, 0.1) is 46.3 Å². The minimum absolute atomic E-state index is 0.0785. The fourth-order valence-corrected chi connectivity index (χ4v) is 9.78. The van der Waals surface area contributed by atoms with Crippen LogP contribution < -0.4 is 4.74 Å². The lowest BCUT2D eigenvalue weighted by atomic mass is 9.47. The van der Waals surface area contributed by atoms with E-state index in [0.717, 1.165) is 59.2 Å². The zero-order chi connectivity index (χ0) is 27.1. The topological polar surface area (TPSA) is 35.5 Å². The smallest absolute Gasteiger partial charge is 0.430 e. The molecule has 5 rings (SSSR count). The van der Waals surface area contributed by atoms with Crippen molar-refractivity contribution in [1.29, 1.82) is 0 Å². The highest BCUT2D eigenvalue weighted by molar-refractivity contribution is 9.10. The minimum atomic E-state index is -0.580. The molecule has 3 saturated carbocycles. The first-order chi connectivity index (χ1) is 18.1. The van der Waals surface area contributed by atoms with Crippen molar-refractivity contribution in [3.05, 3.63) is 40.4 Å². The van der Waals surface area contributed by atoms with Gasteiger partial charge in [-0.05, 0) is 116 Å². The summed E-state index contributed by atoms with van der Waals surface area (Å²) in [6.45, 7) is 12.5. The molecule has 8 atom stereocenters. The molecule has 4 heteroatoms. The Kier molecular flexibility index (Phi) is 8.40. The molecule has 3 nitrogen and oxygen atoms in total. The van der Waals surface area contributed by atoms with E-state index in [1.165, 1.54) is 51.4 Å². The molecule has 0 radical (unpaired) electrons. The van der Waals surface area contributed by atoms with Gasteiger partial charge >= 0.3 is 6.16 Å². The standard InChI is InChI=1S/C34H49BrO3/c1-22(2)7-6-8-23(3)29-15-16-30-28-14-9-24-21-27(38-32(36)37-26-12-10-25(35)11-13-26)17-19-33(24,4)31(28)18-20-34(29,30)5/h9-13,22-23,27-31H,6-8,14-21H2,1-5H3/t23-,27+,28?,29-,30?,31?,33+,34-/m1/s1. The lowest BCUT2D eigenvalue weighted by Gasteiger charge is -2.58. The molecule has 1 aromatic carbocycles. The van der Waals surface area contributed by atoms with Crippen LogP contribution in [0.15, 0.2) is 40.4 Å². The predicted molar refractivity (Wildman–Crippen MR) is 158 cm³/mol. The number of hydrogen-bond donors (Lipinski definition) is 0. The molecule has 4 aliphatic carbocycles. The second-order valence-corrected chi connectivity index (χ2v) is 15.0. The van der Waals surface area contributed by atoms with Gasteiger partial charge in [-0.1, -0.05) is 81.5 Å². The maximum absolute atomic E-state index is 12.5. The van der Waals surface area contributed by atoms with E-state index in [1.807, 2.05) is 12.1 Å². The molecule has 0 saturated heterocycles. The van der Waals surface area contributed by atoms with E-state index in [9.17, 15) is 4.79 Å². The van der Waals surface area contributed by atoms with E-state index in [-0.39, 0.29) is 11.5 Å². The van der Waals surface area contributed by atoms with Gasteiger partial charge in [-0.15, -0.1) is 0 Å². The lowest BCUT2D eigenvalue weighted by Crippen LogP contribution is -2.51. The van der Waals surface area contributed by atoms with Crippen LogP contribution in [0.2, 0.25) is 0 Å². The summed E-state index contributed by atoms with van der Waals surface area (Å²) in [4.78, 5) is 12.5. The van der Waals surface area contributed by atoms with Crippen LogP contribution in [0.25, 0.3) is 0 Å². The fraction of sp³-hybridized carbons (Fsp3) is 0.735. The Hall–Kier alpha value is -1.29. The van der Waals surface area contributed by atoms with Crippen LogP contribution >= 0.6 is 15.9 Å². The Morgan fingerprint density at radius 1 is 1.00 bits per heavy atom. The number of ether oxygens (including phenoxy) is 2. The van der Waals surface area contributed by atoms with Crippen molar-refractivity contribution in [1.82, 2.24) is 0 Å². The van der Waals surface area contributed by atoms with Crippen LogP contribution in [-0.4, -0.2) is 12.3 Å². The van der Waals surface area contributed by atoms with Gasteiger partial charge in [0.2, 0.25) is 0 Å². The van der Waals surface area contributed by atoms with Gasteiger partial charge in [0, 0.05) is 10.9 Å². The molecule has 3 unspecified atom stereocenters. The van der Waals surface area contributed by atoms with Gasteiger partial charge in [0.25, 0.3) is 0 Å². The van der Waals surface area contributed by atoms with Gasteiger partial charge in [-0.25, -0.2) is 4.79 Å². The van der Waals surface area contributed by atoms with Gasteiger partial charge in [0.1, 0.15) is 11.9 Å². The molecule has 0 aliphatic heterocycles. The van der Waals surface area contributed by atoms with Crippen LogP contribution in [0.1, 0.15) is 105 Å². The molecular formula is C34H49BrO3. The third-order valence-electron chi connectivity index (χ3n) is 11.5. The number of rotatable bonds is 7. The molecule has 4 aliphatic rings. The number of allylic oxidation sites excluding steroid dienone is 1. The minimum Gasteiger partial charge on any atom is -0.430 e. The number of halogens is 1. The number of fused-ring (bicyclic) bond motifs is 5. The number of benzene rings is 1. The average Bonchev–Trinajstić information content (AvgIpc) is 3.23. The molecule has 1 aromatic rings. The highest BCUT2D eigenvalue weighted by atomic mass is 79.9. The molecule has 0 spiro atoms. The van der Waals surface area contributed by atoms with E-state index >= 15 is 0 Å². The highest BCUT2D eigenvalue weighted by Crippen LogP contribution is 2.67. The van der Waals surface area contributed by atoms with Gasteiger partial charge in [0.05, 0.1) is 0 Å². The highest BCUT2D eigenvalue weighted by Gasteiger charge is 2.59. The summed E-state index contributed by atoms with van der Waals surface area (Å²) in [6.07, 6.45) is 15.9. The van der Waals surface area contributed by atoms with Crippen molar-refractivity contribution in [2.45, 2.75) is 111 Å². The van der Waals surface area contributed by atoms with Crippen molar-refractivity contribution in [3.63, 3.8) is 0 Å².